The molecule has 3 aromatic rings. The number of nitrogens with zero attached hydrogens (tertiary/aromatic N) is 2. The Hall–Kier alpha value is -2.46. The van der Waals surface area contributed by atoms with Crippen molar-refractivity contribution in [3.8, 4) is 21.8 Å². The molecule has 1 amide bonds. The average Bonchev–Trinajstić information content (AvgIpc) is 2.97. The van der Waals surface area contributed by atoms with Crippen LogP contribution in [0.3, 0.4) is 0 Å². The van der Waals surface area contributed by atoms with Gasteiger partial charge in [-0.3, -0.25) is 4.79 Å². The Morgan fingerprint density at radius 2 is 1.38 bits per heavy atom. The summed E-state index contributed by atoms with van der Waals surface area (Å²) in [6.07, 6.45) is 4.62. The van der Waals surface area contributed by atoms with Crippen LogP contribution in [0.2, 0.25) is 0 Å². The molecule has 26 heavy (non-hydrogen) atoms. The van der Waals surface area contributed by atoms with E-state index in [0.717, 1.165) is 52.6 Å². The number of carbonyl (C=O) groups excluding carboxylic acids is 1. The number of rotatable bonds is 3. The smallest absolute Gasteiger partial charge is 0.266 e. The molecule has 0 saturated carbocycles. The molecule has 1 aromatic heterocycles. The minimum atomic E-state index is 0.130. The van der Waals surface area contributed by atoms with Gasteiger partial charge in [0.15, 0.2) is 0 Å². The number of aromatic nitrogens is 1. The Kier molecular flexibility index (Phi) is 5.12. The maximum atomic E-state index is 13.3. The van der Waals surface area contributed by atoms with Gasteiger partial charge in [0, 0.05) is 24.2 Å². The van der Waals surface area contributed by atoms with Crippen molar-refractivity contribution in [3.63, 3.8) is 0 Å². The normalized spacial score (nSPS) is 14.8. The molecule has 132 valence electrons. The van der Waals surface area contributed by atoms with Crippen molar-refractivity contribution in [1.82, 2.24) is 9.88 Å². The van der Waals surface area contributed by atoms with Crippen LogP contribution >= 0.6 is 11.3 Å². The van der Waals surface area contributed by atoms with Crippen LogP contribution in [-0.4, -0.2) is 28.9 Å². The molecule has 1 fully saturated rings. The number of thiazole rings is 1. The molecule has 0 atom stereocenters. The fourth-order valence-corrected chi connectivity index (χ4v) is 4.44. The second-order valence-corrected chi connectivity index (χ2v) is 7.63. The van der Waals surface area contributed by atoms with Crippen LogP contribution in [0.5, 0.6) is 0 Å². The lowest BCUT2D eigenvalue weighted by Gasteiger charge is -2.19. The first kappa shape index (κ1) is 17.0. The molecule has 1 aliphatic rings. The Bertz CT molecular complexity index is 866. The van der Waals surface area contributed by atoms with Gasteiger partial charge in [0.05, 0.1) is 5.69 Å². The van der Waals surface area contributed by atoms with Gasteiger partial charge in [-0.2, -0.15) is 0 Å². The summed E-state index contributed by atoms with van der Waals surface area (Å²) in [6.45, 7) is 1.71. The summed E-state index contributed by atoms with van der Waals surface area (Å²) in [5, 5.41) is 0.905. The lowest BCUT2D eigenvalue weighted by molar-refractivity contribution is 0.0767. The molecule has 0 spiro atoms. The second-order valence-electron chi connectivity index (χ2n) is 6.64. The van der Waals surface area contributed by atoms with E-state index in [0.29, 0.717) is 0 Å². The largest absolute Gasteiger partial charge is 0.338 e. The number of hydrogen-bond donors (Lipinski definition) is 0. The van der Waals surface area contributed by atoms with Crippen molar-refractivity contribution in [2.75, 3.05) is 13.1 Å². The first-order chi connectivity index (χ1) is 12.8. The van der Waals surface area contributed by atoms with E-state index in [2.05, 4.69) is 0 Å². The van der Waals surface area contributed by atoms with Crippen LogP contribution < -0.4 is 0 Å². The first-order valence-corrected chi connectivity index (χ1v) is 10.1. The minimum absolute atomic E-state index is 0.130. The monoisotopic (exact) mass is 362 g/mol. The molecular formula is C22H22N2OS. The fourth-order valence-electron chi connectivity index (χ4n) is 3.38. The summed E-state index contributed by atoms with van der Waals surface area (Å²) in [4.78, 5) is 20.9. The summed E-state index contributed by atoms with van der Waals surface area (Å²) in [5.74, 6) is 0.130. The van der Waals surface area contributed by atoms with E-state index >= 15 is 0 Å². The lowest BCUT2D eigenvalue weighted by atomic mass is 10.1. The Morgan fingerprint density at radius 1 is 0.808 bits per heavy atom. The van der Waals surface area contributed by atoms with Gasteiger partial charge < -0.3 is 4.90 Å². The van der Waals surface area contributed by atoms with E-state index < -0.39 is 0 Å². The standard InChI is InChI=1S/C22H22N2OS/c25-22(24-15-9-1-2-10-16-24)20-19(17-11-5-3-6-12-17)23-21(26-20)18-13-7-4-8-14-18/h3-8,11-14H,1-2,9-10,15-16H2. The molecule has 0 N–H and O–H groups in total. The maximum absolute atomic E-state index is 13.3. The van der Waals surface area contributed by atoms with Gasteiger partial charge >= 0.3 is 0 Å². The van der Waals surface area contributed by atoms with Crippen molar-refractivity contribution in [2.45, 2.75) is 25.7 Å². The third kappa shape index (κ3) is 3.56. The number of amides is 1. The molecule has 2 aromatic carbocycles. The number of hydrogen-bond acceptors (Lipinski definition) is 3. The quantitative estimate of drug-likeness (QED) is 0.617. The van der Waals surface area contributed by atoms with E-state index in [1.165, 1.54) is 24.2 Å². The second kappa shape index (κ2) is 7.83. The van der Waals surface area contributed by atoms with E-state index in [4.69, 9.17) is 4.98 Å². The SMILES string of the molecule is O=C(c1sc(-c2ccccc2)nc1-c1ccccc1)N1CCCCCC1. The van der Waals surface area contributed by atoms with Gasteiger partial charge in [0.2, 0.25) is 0 Å². The van der Waals surface area contributed by atoms with Gasteiger partial charge in [-0.05, 0) is 12.8 Å². The molecule has 0 unspecified atom stereocenters. The number of benzene rings is 2. The van der Waals surface area contributed by atoms with Crippen LogP contribution in [0.25, 0.3) is 21.8 Å². The summed E-state index contributed by atoms with van der Waals surface area (Å²) in [6, 6.07) is 20.2. The van der Waals surface area contributed by atoms with Gasteiger partial charge in [0.1, 0.15) is 9.88 Å². The zero-order valence-electron chi connectivity index (χ0n) is 14.7. The maximum Gasteiger partial charge on any atom is 0.266 e. The third-order valence-electron chi connectivity index (χ3n) is 4.78. The average molecular weight is 362 g/mol. The van der Waals surface area contributed by atoms with E-state index in [9.17, 15) is 4.79 Å². The summed E-state index contributed by atoms with van der Waals surface area (Å²) in [5.41, 5.74) is 2.87. The van der Waals surface area contributed by atoms with Gasteiger partial charge in [-0.15, -0.1) is 11.3 Å². The minimum Gasteiger partial charge on any atom is -0.338 e. The topological polar surface area (TPSA) is 33.2 Å². The highest BCUT2D eigenvalue weighted by molar-refractivity contribution is 7.17. The van der Waals surface area contributed by atoms with Gasteiger partial charge in [0.25, 0.3) is 5.91 Å². The summed E-state index contributed by atoms with van der Waals surface area (Å²) in [7, 11) is 0. The molecule has 3 nitrogen and oxygen atoms in total. The van der Waals surface area contributed by atoms with Crippen LogP contribution in [0, 0.1) is 0 Å². The van der Waals surface area contributed by atoms with Crippen LogP contribution in [0.1, 0.15) is 35.4 Å². The van der Waals surface area contributed by atoms with E-state index in [1.807, 2.05) is 65.6 Å². The summed E-state index contributed by atoms with van der Waals surface area (Å²) >= 11 is 1.51. The molecule has 0 radical (unpaired) electrons. The van der Waals surface area contributed by atoms with Crippen molar-refractivity contribution in [1.29, 1.82) is 0 Å². The van der Waals surface area contributed by atoms with Crippen LogP contribution in [0.15, 0.2) is 60.7 Å². The zero-order chi connectivity index (χ0) is 17.8. The van der Waals surface area contributed by atoms with Crippen molar-refractivity contribution >= 4 is 17.2 Å². The zero-order valence-corrected chi connectivity index (χ0v) is 15.5. The molecule has 1 saturated heterocycles. The van der Waals surface area contributed by atoms with E-state index in [-0.39, 0.29) is 5.91 Å². The molecular weight excluding hydrogens is 340 g/mol. The predicted molar refractivity (Wildman–Crippen MR) is 107 cm³/mol. The molecule has 4 heteroatoms. The van der Waals surface area contributed by atoms with Crippen molar-refractivity contribution in [2.24, 2.45) is 0 Å². The van der Waals surface area contributed by atoms with Gasteiger partial charge in [-0.1, -0.05) is 73.5 Å². The van der Waals surface area contributed by atoms with E-state index in [1.54, 1.807) is 0 Å². The Balaban J connectivity index is 1.76. The Labute approximate surface area is 158 Å². The first-order valence-electron chi connectivity index (χ1n) is 9.24. The highest BCUT2D eigenvalue weighted by Gasteiger charge is 2.25. The molecule has 4 rings (SSSR count). The number of likely N-dealkylation sites (tertiary alicyclic amines) is 1. The highest BCUT2D eigenvalue weighted by atomic mass is 32.1. The molecule has 1 aliphatic heterocycles. The summed E-state index contributed by atoms with van der Waals surface area (Å²) < 4.78 is 0. The van der Waals surface area contributed by atoms with Crippen LogP contribution in [-0.2, 0) is 0 Å². The Morgan fingerprint density at radius 3 is 2.00 bits per heavy atom. The predicted octanol–water partition coefficient (Wildman–Crippen LogP) is 5.49. The molecule has 0 bridgehead atoms. The third-order valence-corrected chi connectivity index (χ3v) is 5.88. The molecule has 0 aliphatic carbocycles. The van der Waals surface area contributed by atoms with Crippen molar-refractivity contribution < 1.29 is 4.79 Å². The fraction of sp³-hybridized carbons (Fsp3) is 0.273. The molecule has 2 heterocycles. The lowest BCUT2D eigenvalue weighted by Crippen LogP contribution is -2.31. The number of carbonyl (C=O) groups is 1. The van der Waals surface area contributed by atoms with Gasteiger partial charge in [-0.25, -0.2) is 4.98 Å². The van der Waals surface area contributed by atoms with Crippen molar-refractivity contribution in [3.05, 3.63) is 65.5 Å². The highest BCUT2D eigenvalue weighted by Crippen LogP contribution is 2.35. The van der Waals surface area contributed by atoms with Crippen LogP contribution in [0.4, 0.5) is 0 Å².